The van der Waals surface area contributed by atoms with Gasteiger partial charge in [0.2, 0.25) is 0 Å². The first-order valence-corrected chi connectivity index (χ1v) is 7.73. The van der Waals surface area contributed by atoms with Crippen molar-refractivity contribution in [2.24, 2.45) is 0 Å². The van der Waals surface area contributed by atoms with Gasteiger partial charge < -0.3 is 14.6 Å². The van der Waals surface area contributed by atoms with Gasteiger partial charge in [0.1, 0.15) is 0 Å². The van der Waals surface area contributed by atoms with E-state index in [1.54, 1.807) is 6.07 Å². The second-order valence-electron chi connectivity index (χ2n) is 5.10. The van der Waals surface area contributed by atoms with E-state index >= 15 is 0 Å². The summed E-state index contributed by atoms with van der Waals surface area (Å²) in [5.74, 6) is -0.0766. The van der Waals surface area contributed by atoms with E-state index in [1.807, 2.05) is 0 Å². The normalized spacial score (nSPS) is 20.4. The summed E-state index contributed by atoms with van der Waals surface area (Å²) in [4.78, 5) is 14.3. The van der Waals surface area contributed by atoms with Crippen molar-refractivity contribution < 1.29 is 9.21 Å². The van der Waals surface area contributed by atoms with Crippen LogP contribution in [-0.2, 0) is 0 Å². The summed E-state index contributed by atoms with van der Waals surface area (Å²) in [7, 11) is 0. The first kappa shape index (κ1) is 14.6. The molecular formula is C14H21BrN2O2. The number of carbonyl (C=O) groups is 1. The van der Waals surface area contributed by atoms with Gasteiger partial charge in [-0.2, -0.15) is 0 Å². The summed E-state index contributed by atoms with van der Waals surface area (Å²) in [5, 5.41) is 2.92. The molecule has 1 saturated heterocycles. The van der Waals surface area contributed by atoms with Crippen molar-refractivity contribution in [1.82, 2.24) is 10.2 Å². The molecule has 1 unspecified atom stereocenters. The highest BCUT2D eigenvalue weighted by Gasteiger charge is 2.17. The molecule has 0 radical (unpaired) electrons. The lowest BCUT2D eigenvalue weighted by atomic mass is 10.0. The second-order valence-corrected chi connectivity index (χ2v) is 5.82. The van der Waals surface area contributed by atoms with Gasteiger partial charge in [-0.15, -0.1) is 0 Å². The van der Waals surface area contributed by atoms with Crippen LogP contribution in [0.25, 0.3) is 0 Å². The van der Waals surface area contributed by atoms with E-state index in [0.717, 1.165) is 13.0 Å². The molecule has 106 valence electrons. The Kier molecular flexibility index (Phi) is 5.45. The third-order valence-corrected chi connectivity index (χ3v) is 4.32. The van der Waals surface area contributed by atoms with Crippen LogP contribution in [-0.4, -0.2) is 36.5 Å². The molecule has 1 aliphatic rings. The molecule has 1 fully saturated rings. The zero-order chi connectivity index (χ0) is 13.7. The topological polar surface area (TPSA) is 45.5 Å². The third-order valence-electron chi connectivity index (χ3n) is 3.71. The molecular weight excluding hydrogens is 308 g/mol. The number of piperidine rings is 1. The molecule has 1 aliphatic heterocycles. The van der Waals surface area contributed by atoms with Gasteiger partial charge in [-0.3, -0.25) is 4.79 Å². The SMILES string of the molecule is CC1CCCCN1CCCNC(=O)c1ccoc1Br. The molecule has 0 saturated carbocycles. The fraction of sp³-hybridized carbons (Fsp3) is 0.643. The van der Waals surface area contributed by atoms with Crippen molar-refractivity contribution in [3.63, 3.8) is 0 Å². The number of hydrogen-bond donors (Lipinski definition) is 1. The highest BCUT2D eigenvalue weighted by atomic mass is 79.9. The molecule has 0 aromatic carbocycles. The van der Waals surface area contributed by atoms with Gasteiger partial charge in [0, 0.05) is 19.1 Å². The first-order valence-electron chi connectivity index (χ1n) is 6.93. The fourth-order valence-electron chi connectivity index (χ4n) is 2.52. The number of amides is 1. The maximum absolute atomic E-state index is 11.8. The number of rotatable bonds is 5. The van der Waals surface area contributed by atoms with Crippen molar-refractivity contribution >= 4 is 21.8 Å². The average Bonchev–Trinajstić information content (AvgIpc) is 2.82. The zero-order valence-corrected chi connectivity index (χ0v) is 12.9. The summed E-state index contributed by atoms with van der Waals surface area (Å²) >= 11 is 3.21. The molecule has 19 heavy (non-hydrogen) atoms. The fourth-order valence-corrected chi connectivity index (χ4v) is 2.94. The van der Waals surface area contributed by atoms with Crippen LogP contribution in [0.5, 0.6) is 0 Å². The average molecular weight is 329 g/mol. The Morgan fingerprint density at radius 3 is 3.11 bits per heavy atom. The third kappa shape index (κ3) is 4.08. The van der Waals surface area contributed by atoms with E-state index < -0.39 is 0 Å². The van der Waals surface area contributed by atoms with Crippen LogP contribution in [0.15, 0.2) is 21.4 Å². The monoisotopic (exact) mass is 328 g/mol. The van der Waals surface area contributed by atoms with Crippen molar-refractivity contribution in [2.75, 3.05) is 19.6 Å². The van der Waals surface area contributed by atoms with Crippen LogP contribution >= 0.6 is 15.9 Å². The minimum absolute atomic E-state index is 0.0766. The van der Waals surface area contributed by atoms with Gasteiger partial charge in [0.15, 0.2) is 4.67 Å². The molecule has 0 aliphatic carbocycles. The number of likely N-dealkylation sites (tertiary alicyclic amines) is 1. The van der Waals surface area contributed by atoms with E-state index in [9.17, 15) is 4.79 Å². The number of hydrogen-bond acceptors (Lipinski definition) is 3. The minimum Gasteiger partial charge on any atom is -0.457 e. The Hall–Kier alpha value is -0.810. The molecule has 5 heteroatoms. The van der Waals surface area contributed by atoms with Gasteiger partial charge >= 0.3 is 0 Å². The molecule has 0 bridgehead atoms. The largest absolute Gasteiger partial charge is 0.457 e. The number of halogens is 1. The van der Waals surface area contributed by atoms with E-state index in [4.69, 9.17) is 4.42 Å². The molecule has 1 amide bonds. The smallest absolute Gasteiger partial charge is 0.255 e. The van der Waals surface area contributed by atoms with Crippen LogP contribution in [0, 0.1) is 0 Å². The van der Waals surface area contributed by atoms with Gasteiger partial charge in [-0.05, 0) is 54.7 Å². The van der Waals surface area contributed by atoms with Crippen LogP contribution in [0.4, 0.5) is 0 Å². The standard InChI is InChI=1S/C14H21BrN2O2/c1-11-5-2-3-8-17(11)9-4-7-16-14(18)12-6-10-19-13(12)15/h6,10-11H,2-5,7-9H2,1H3,(H,16,18). The van der Waals surface area contributed by atoms with Crippen molar-refractivity contribution in [2.45, 2.75) is 38.6 Å². The summed E-state index contributed by atoms with van der Waals surface area (Å²) in [6.45, 7) is 5.26. The Morgan fingerprint density at radius 2 is 2.42 bits per heavy atom. The van der Waals surface area contributed by atoms with Gasteiger partial charge in [0.25, 0.3) is 5.91 Å². The van der Waals surface area contributed by atoms with E-state index in [0.29, 0.717) is 22.8 Å². The maximum atomic E-state index is 11.8. The van der Waals surface area contributed by atoms with E-state index in [2.05, 4.69) is 33.1 Å². The molecule has 4 nitrogen and oxygen atoms in total. The van der Waals surface area contributed by atoms with Crippen LogP contribution in [0.1, 0.15) is 43.0 Å². The maximum Gasteiger partial charge on any atom is 0.255 e. The molecule has 1 atom stereocenters. The molecule has 1 aromatic rings. The van der Waals surface area contributed by atoms with Crippen LogP contribution in [0.3, 0.4) is 0 Å². The predicted octanol–water partition coefficient (Wildman–Crippen LogP) is 3.04. The molecule has 2 heterocycles. The lowest BCUT2D eigenvalue weighted by Gasteiger charge is -2.33. The second kappa shape index (κ2) is 7.10. The van der Waals surface area contributed by atoms with Gasteiger partial charge in [-0.1, -0.05) is 6.42 Å². The molecule has 1 aromatic heterocycles. The highest BCUT2D eigenvalue weighted by Crippen LogP contribution is 2.17. The lowest BCUT2D eigenvalue weighted by Crippen LogP contribution is -2.39. The number of furan rings is 1. The summed E-state index contributed by atoms with van der Waals surface area (Å²) in [6.07, 6.45) is 6.45. The Balaban J connectivity index is 1.67. The summed E-state index contributed by atoms with van der Waals surface area (Å²) < 4.78 is 5.54. The van der Waals surface area contributed by atoms with E-state index in [1.165, 1.54) is 32.1 Å². The Bertz CT molecular complexity index is 419. The lowest BCUT2D eigenvalue weighted by molar-refractivity contribution is 0.0947. The zero-order valence-electron chi connectivity index (χ0n) is 11.3. The molecule has 0 spiro atoms. The number of nitrogens with one attached hydrogen (secondary N) is 1. The van der Waals surface area contributed by atoms with Crippen molar-refractivity contribution in [3.8, 4) is 0 Å². The van der Waals surface area contributed by atoms with Crippen LogP contribution < -0.4 is 5.32 Å². The summed E-state index contributed by atoms with van der Waals surface area (Å²) in [6, 6.07) is 2.36. The van der Waals surface area contributed by atoms with Crippen molar-refractivity contribution in [1.29, 1.82) is 0 Å². The number of carbonyl (C=O) groups excluding carboxylic acids is 1. The van der Waals surface area contributed by atoms with Crippen LogP contribution in [0.2, 0.25) is 0 Å². The predicted molar refractivity (Wildman–Crippen MR) is 78.2 cm³/mol. The molecule has 1 N–H and O–H groups in total. The van der Waals surface area contributed by atoms with Gasteiger partial charge in [0.05, 0.1) is 11.8 Å². The number of nitrogens with zero attached hydrogens (tertiary/aromatic N) is 1. The Morgan fingerprint density at radius 1 is 1.58 bits per heavy atom. The summed E-state index contributed by atoms with van der Waals surface area (Å²) in [5.41, 5.74) is 0.561. The molecule has 2 rings (SSSR count). The van der Waals surface area contributed by atoms with Gasteiger partial charge in [-0.25, -0.2) is 0 Å². The quantitative estimate of drug-likeness (QED) is 0.845. The van der Waals surface area contributed by atoms with Crippen molar-refractivity contribution in [3.05, 3.63) is 22.6 Å². The first-order chi connectivity index (χ1) is 9.18. The minimum atomic E-state index is -0.0766. The highest BCUT2D eigenvalue weighted by molar-refractivity contribution is 9.10. The van der Waals surface area contributed by atoms with E-state index in [-0.39, 0.29) is 5.91 Å². The Labute approximate surface area is 122 Å².